The molecular weight excluding hydrogens is 314 g/mol. The van der Waals surface area contributed by atoms with E-state index in [0.717, 1.165) is 50.7 Å². The maximum atomic E-state index is 5.55. The minimum absolute atomic E-state index is 0.0222. The Labute approximate surface area is 150 Å². The smallest absolute Gasteiger partial charge is 0.150 e. The summed E-state index contributed by atoms with van der Waals surface area (Å²) in [6.45, 7) is 8.57. The Balaban J connectivity index is 1.53. The van der Waals surface area contributed by atoms with Gasteiger partial charge in [-0.2, -0.15) is 0 Å². The lowest BCUT2D eigenvalue weighted by Gasteiger charge is -2.42. The summed E-state index contributed by atoms with van der Waals surface area (Å²) in [6.07, 6.45) is 0.853. The molecule has 136 valence electrons. The molecule has 2 heterocycles. The number of nitrogens with zero attached hydrogens (tertiary/aromatic N) is 2. The van der Waals surface area contributed by atoms with E-state index in [2.05, 4.69) is 66.6 Å². The zero-order valence-corrected chi connectivity index (χ0v) is 15.5. The SMILES string of the molecule is CC(C)CNC1(Cc2cc(CN(C)Cc3ccccc3)on2)COC1. The first-order valence-corrected chi connectivity index (χ1v) is 9.04. The molecule has 0 saturated carbocycles. The van der Waals surface area contributed by atoms with E-state index in [9.17, 15) is 0 Å². The van der Waals surface area contributed by atoms with Crippen molar-refractivity contribution in [3.63, 3.8) is 0 Å². The van der Waals surface area contributed by atoms with Crippen molar-refractivity contribution in [1.29, 1.82) is 0 Å². The third-order valence-corrected chi connectivity index (χ3v) is 4.49. The lowest BCUT2D eigenvalue weighted by atomic mass is 9.90. The van der Waals surface area contributed by atoms with E-state index in [0.29, 0.717) is 5.92 Å². The number of hydrogen-bond donors (Lipinski definition) is 1. The van der Waals surface area contributed by atoms with Gasteiger partial charge in [-0.15, -0.1) is 0 Å². The van der Waals surface area contributed by atoms with Crippen LogP contribution in [0.15, 0.2) is 40.9 Å². The van der Waals surface area contributed by atoms with Gasteiger partial charge in [0.25, 0.3) is 0 Å². The second-order valence-electron chi connectivity index (χ2n) is 7.67. The van der Waals surface area contributed by atoms with Crippen LogP contribution < -0.4 is 5.32 Å². The van der Waals surface area contributed by atoms with Gasteiger partial charge in [-0.3, -0.25) is 4.90 Å². The number of aromatic nitrogens is 1. The van der Waals surface area contributed by atoms with Crippen LogP contribution in [0.4, 0.5) is 0 Å². The van der Waals surface area contributed by atoms with E-state index < -0.39 is 0 Å². The molecular formula is C20H29N3O2. The summed E-state index contributed by atoms with van der Waals surface area (Å²) >= 11 is 0. The summed E-state index contributed by atoms with van der Waals surface area (Å²) in [5.41, 5.74) is 2.32. The van der Waals surface area contributed by atoms with Gasteiger partial charge in [-0.25, -0.2) is 0 Å². The molecule has 2 aromatic rings. The van der Waals surface area contributed by atoms with Crippen molar-refractivity contribution in [2.24, 2.45) is 5.92 Å². The van der Waals surface area contributed by atoms with E-state index in [-0.39, 0.29) is 5.54 Å². The van der Waals surface area contributed by atoms with E-state index in [1.54, 1.807) is 0 Å². The molecule has 1 aromatic heterocycles. The van der Waals surface area contributed by atoms with Gasteiger partial charge in [-0.1, -0.05) is 49.3 Å². The molecule has 1 fully saturated rings. The van der Waals surface area contributed by atoms with Gasteiger partial charge >= 0.3 is 0 Å². The highest BCUT2D eigenvalue weighted by molar-refractivity contribution is 5.15. The topological polar surface area (TPSA) is 50.5 Å². The number of hydrogen-bond acceptors (Lipinski definition) is 5. The number of rotatable bonds is 9. The Hall–Kier alpha value is -1.69. The molecule has 0 spiro atoms. The average molecular weight is 343 g/mol. The first-order chi connectivity index (χ1) is 12.0. The maximum absolute atomic E-state index is 5.55. The zero-order chi connectivity index (χ0) is 17.7. The fraction of sp³-hybridized carbons (Fsp3) is 0.550. The Morgan fingerprint density at radius 1 is 1.20 bits per heavy atom. The quantitative estimate of drug-likeness (QED) is 0.759. The summed E-state index contributed by atoms with van der Waals surface area (Å²) < 4.78 is 11.0. The van der Waals surface area contributed by atoms with E-state index in [4.69, 9.17) is 9.26 Å². The lowest BCUT2D eigenvalue weighted by Crippen LogP contribution is -2.62. The van der Waals surface area contributed by atoms with Gasteiger partial charge in [0, 0.05) is 19.0 Å². The Morgan fingerprint density at radius 2 is 1.96 bits per heavy atom. The third-order valence-electron chi connectivity index (χ3n) is 4.49. The highest BCUT2D eigenvalue weighted by atomic mass is 16.5. The minimum atomic E-state index is 0.0222. The zero-order valence-electron chi connectivity index (χ0n) is 15.5. The minimum Gasteiger partial charge on any atom is -0.377 e. The Kier molecular flexibility index (Phi) is 5.89. The van der Waals surface area contributed by atoms with Crippen molar-refractivity contribution in [3.8, 4) is 0 Å². The van der Waals surface area contributed by atoms with Crippen molar-refractivity contribution in [3.05, 3.63) is 53.4 Å². The van der Waals surface area contributed by atoms with Crippen LogP contribution in [0.1, 0.15) is 30.9 Å². The van der Waals surface area contributed by atoms with Crippen molar-refractivity contribution >= 4 is 0 Å². The second kappa shape index (κ2) is 8.13. The fourth-order valence-electron chi connectivity index (χ4n) is 3.11. The van der Waals surface area contributed by atoms with Gasteiger partial charge in [-0.05, 0) is 25.1 Å². The van der Waals surface area contributed by atoms with E-state index in [1.807, 2.05) is 6.07 Å². The predicted octanol–water partition coefficient (Wildman–Crippen LogP) is 2.86. The summed E-state index contributed by atoms with van der Waals surface area (Å²) in [6, 6.07) is 12.5. The van der Waals surface area contributed by atoms with Crippen LogP contribution in [-0.2, 0) is 24.2 Å². The third kappa shape index (κ3) is 5.14. The Morgan fingerprint density at radius 3 is 2.60 bits per heavy atom. The molecule has 5 nitrogen and oxygen atoms in total. The molecule has 1 aliphatic heterocycles. The monoisotopic (exact) mass is 343 g/mol. The van der Waals surface area contributed by atoms with Gasteiger partial charge < -0.3 is 14.6 Å². The van der Waals surface area contributed by atoms with Gasteiger partial charge in [0.05, 0.1) is 31.0 Å². The first-order valence-electron chi connectivity index (χ1n) is 9.04. The van der Waals surface area contributed by atoms with Gasteiger partial charge in [0.2, 0.25) is 0 Å². The molecule has 1 N–H and O–H groups in total. The molecule has 0 amide bonds. The van der Waals surface area contributed by atoms with Crippen LogP contribution in [0.2, 0.25) is 0 Å². The average Bonchev–Trinajstić information content (AvgIpc) is 2.97. The van der Waals surface area contributed by atoms with Crippen LogP contribution in [0.3, 0.4) is 0 Å². The number of benzene rings is 1. The molecule has 3 rings (SSSR count). The standard InChI is InChI=1S/C20H29N3O2/c1-16(2)11-21-20(14-24-15-20)10-18-9-19(25-22-18)13-23(3)12-17-7-5-4-6-8-17/h4-9,16,21H,10-15H2,1-3H3. The molecule has 5 heteroatoms. The molecule has 1 aromatic carbocycles. The highest BCUT2D eigenvalue weighted by Gasteiger charge is 2.39. The second-order valence-corrected chi connectivity index (χ2v) is 7.67. The van der Waals surface area contributed by atoms with E-state index >= 15 is 0 Å². The Bertz CT molecular complexity index is 650. The number of ether oxygens (including phenoxy) is 1. The fourth-order valence-corrected chi connectivity index (χ4v) is 3.11. The van der Waals surface area contributed by atoms with Crippen molar-refractivity contribution in [2.75, 3.05) is 26.8 Å². The number of nitrogens with one attached hydrogen (secondary N) is 1. The summed E-state index contributed by atoms with van der Waals surface area (Å²) in [7, 11) is 2.10. The molecule has 0 bridgehead atoms. The molecule has 1 aliphatic rings. The molecule has 0 aliphatic carbocycles. The van der Waals surface area contributed by atoms with Crippen LogP contribution in [0.25, 0.3) is 0 Å². The largest absolute Gasteiger partial charge is 0.377 e. The van der Waals surface area contributed by atoms with Crippen molar-refractivity contribution in [1.82, 2.24) is 15.4 Å². The van der Waals surface area contributed by atoms with Gasteiger partial charge in [0.15, 0.2) is 5.76 Å². The molecule has 0 atom stereocenters. The predicted molar refractivity (Wildman–Crippen MR) is 98.2 cm³/mol. The van der Waals surface area contributed by atoms with Crippen LogP contribution in [-0.4, -0.2) is 42.4 Å². The lowest BCUT2D eigenvalue weighted by molar-refractivity contribution is -0.0755. The normalized spacial score (nSPS) is 16.4. The first kappa shape index (κ1) is 18.1. The molecule has 1 saturated heterocycles. The molecule has 25 heavy (non-hydrogen) atoms. The molecule has 0 unspecified atom stereocenters. The van der Waals surface area contributed by atoms with Crippen LogP contribution >= 0.6 is 0 Å². The molecule has 0 radical (unpaired) electrons. The maximum Gasteiger partial charge on any atom is 0.150 e. The summed E-state index contributed by atoms with van der Waals surface area (Å²) in [5.74, 6) is 1.53. The van der Waals surface area contributed by atoms with Crippen molar-refractivity contribution < 1.29 is 9.26 Å². The van der Waals surface area contributed by atoms with Crippen LogP contribution in [0.5, 0.6) is 0 Å². The summed E-state index contributed by atoms with van der Waals surface area (Å²) in [5, 5.41) is 7.92. The van der Waals surface area contributed by atoms with Crippen LogP contribution in [0, 0.1) is 5.92 Å². The summed E-state index contributed by atoms with van der Waals surface area (Å²) in [4.78, 5) is 2.23. The van der Waals surface area contributed by atoms with Gasteiger partial charge in [0.1, 0.15) is 0 Å². The highest BCUT2D eigenvalue weighted by Crippen LogP contribution is 2.23. The van der Waals surface area contributed by atoms with E-state index in [1.165, 1.54) is 5.56 Å². The van der Waals surface area contributed by atoms with Crippen molar-refractivity contribution in [2.45, 2.75) is 38.9 Å².